The maximum atomic E-state index is 11.5. The Morgan fingerprint density at radius 2 is 2.40 bits per heavy atom. The van der Waals surface area contributed by atoms with Crippen LogP contribution < -0.4 is 0 Å². The molecular weight excluding hydrogens is 136 g/mol. The molecule has 0 unspecified atom stereocenters. The number of pyridine rings is 1. The van der Waals surface area contributed by atoms with Gasteiger partial charge in [-0.2, -0.15) is 8.78 Å². The Bertz CT molecular complexity index is 227. The van der Waals surface area contributed by atoms with Gasteiger partial charge in [-0.15, -0.1) is 0 Å². The zero-order chi connectivity index (χ0) is 7.40. The van der Waals surface area contributed by atoms with Crippen molar-refractivity contribution in [3.8, 4) is 0 Å². The van der Waals surface area contributed by atoms with Crippen LogP contribution in [-0.2, 0) is 0 Å². The average Bonchev–Trinajstić information content (AvgIpc) is 1.88. The van der Waals surface area contributed by atoms with Gasteiger partial charge in [0.1, 0.15) is 0 Å². The molecule has 3 heteroatoms. The SMILES string of the molecule is FC(F)=Cc1c[c]ncc1. The summed E-state index contributed by atoms with van der Waals surface area (Å²) >= 11 is 0. The van der Waals surface area contributed by atoms with E-state index in [-0.39, 0.29) is 0 Å². The minimum Gasteiger partial charge on any atom is -0.255 e. The quantitative estimate of drug-likeness (QED) is 0.582. The van der Waals surface area contributed by atoms with Crippen LogP contribution in [0.4, 0.5) is 8.78 Å². The Hall–Kier alpha value is -1.25. The number of rotatable bonds is 1. The summed E-state index contributed by atoms with van der Waals surface area (Å²) < 4.78 is 23.1. The smallest absolute Gasteiger partial charge is 0.255 e. The highest BCUT2D eigenvalue weighted by Crippen LogP contribution is 2.06. The van der Waals surface area contributed by atoms with Crippen LogP contribution in [0.2, 0.25) is 0 Å². The van der Waals surface area contributed by atoms with Gasteiger partial charge >= 0.3 is 0 Å². The predicted molar refractivity (Wildman–Crippen MR) is 33.3 cm³/mol. The molecule has 0 aliphatic heterocycles. The van der Waals surface area contributed by atoms with E-state index in [4.69, 9.17) is 0 Å². The lowest BCUT2D eigenvalue weighted by molar-refractivity contribution is 0.429. The van der Waals surface area contributed by atoms with Crippen molar-refractivity contribution in [3.63, 3.8) is 0 Å². The molecule has 1 heterocycles. The minimum absolute atomic E-state index is 0.412. The Kier molecular flexibility index (Phi) is 2.10. The van der Waals surface area contributed by atoms with E-state index >= 15 is 0 Å². The highest BCUT2D eigenvalue weighted by atomic mass is 19.3. The van der Waals surface area contributed by atoms with Crippen molar-refractivity contribution >= 4 is 6.08 Å². The molecule has 1 radical (unpaired) electrons. The minimum atomic E-state index is -1.71. The molecule has 1 aromatic rings. The fourth-order valence-electron chi connectivity index (χ4n) is 0.542. The highest BCUT2D eigenvalue weighted by molar-refractivity contribution is 5.48. The Morgan fingerprint density at radius 1 is 1.60 bits per heavy atom. The van der Waals surface area contributed by atoms with Crippen LogP contribution in [0.1, 0.15) is 5.56 Å². The first-order valence-electron chi connectivity index (χ1n) is 2.64. The van der Waals surface area contributed by atoms with E-state index in [0.717, 1.165) is 6.08 Å². The molecule has 0 aliphatic carbocycles. The zero-order valence-electron chi connectivity index (χ0n) is 5.01. The molecular formula is C7H4F2N. The van der Waals surface area contributed by atoms with Crippen LogP contribution in [0.15, 0.2) is 24.4 Å². The van der Waals surface area contributed by atoms with Crippen molar-refractivity contribution in [3.05, 3.63) is 36.2 Å². The Morgan fingerprint density at radius 3 is 2.90 bits per heavy atom. The van der Waals surface area contributed by atoms with Gasteiger partial charge in [-0.1, -0.05) is 0 Å². The third kappa shape index (κ3) is 1.93. The van der Waals surface area contributed by atoms with Crippen LogP contribution in [0, 0.1) is 6.20 Å². The van der Waals surface area contributed by atoms with E-state index in [2.05, 4.69) is 11.2 Å². The van der Waals surface area contributed by atoms with Gasteiger partial charge in [-0.3, -0.25) is 4.98 Å². The Labute approximate surface area is 57.0 Å². The van der Waals surface area contributed by atoms with Gasteiger partial charge in [0.25, 0.3) is 6.08 Å². The third-order valence-electron chi connectivity index (χ3n) is 0.923. The fourth-order valence-corrected chi connectivity index (χ4v) is 0.542. The first-order chi connectivity index (χ1) is 4.79. The Balaban J connectivity index is 2.87. The van der Waals surface area contributed by atoms with Gasteiger partial charge in [0.15, 0.2) is 0 Å². The first kappa shape index (κ1) is 6.86. The summed E-state index contributed by atoms with van der Waals surface area (Å²) in [5.41, 5.74) is 0.412. The van der Waals surface area contributed by atoms with Crippen LogP contribution in [0.3, 0.4) is 0 Å². The fraction of sp³-hybridized carbons (Fsp3) is 0. The molecule has 0 saturated heterocycles. The van der Waals surface area contributed by atoms with Crippen molar-refractivity contribution in [1.82, 2.24) is 4.98 Å². The number of halogens is 2. The van der Waals surface area contributed by atoms with Gasteiger partial charge in [0, 0.05) is 12.3 Å². The van der Waals surface area contributed by atoms with Crippen molar-refractivity contribution in [2.45, 2.75) is 0 Å². The summed E-state index contributed by atoms with van der Waals surface area (Å²) in [6.45, 7) is 0. The van der Waals surface area contributed by atoms with Crippen molar-refractivity contribution in [2.75, 3.05) is 0 Å². The lowest BCUT2D eigenvalue weighted by Crippen LogP contribution is -1.72. The molecule has 0 bridgehead atoms. The van der Waals surface area contributed by atoms with E-state index < -0.39 is 6.08 Å². The zero-order valence-corrected chi connectivity index (χ0v) is 5.01. The molecule has 0 saturated carbocycles. The summed E-state index contributed by atoms with van der Waals surface area (Å²) in [7, 11) is 0. The van der Waals surface area contributed by atoms with Crippen LogP contribution in [0.5, 0.6) is 0 Å². The molecule has 0 aromatic carbocycles. The molecule has 0 fully saturated rings. The summed E-state index contributed by atoms with van der Waals surface area (Å²) in [5, 5.41) is 0. The van der Waals surface area contributed by atoms with Crippen LogP contribution in [-0.4, -0.2) is 4.98 Å². The van der Waals surface area contributed by atoms with Crippen molar-refractivity contribution < 1.29 is 8.78 Å². The summed E-state index contributed by atoms with van der Waals surface area (Å²) in [4.78, 5) is 3.55. The van der Waals surface area contributed by atoms with E-state index in [9.17, 15) is 8.78 Å². The standard InChI is InChI=1S/C7H4F2N/c8-7(9)5-6-1-3-10-4-2-6/h1-3,5H. The highest BCUT2D eigenvalue weighted by Gasteiger charge is 1.89. The third-order valence-corrected chi connectivity index (χ3v) is 0.923. The summed E-state index contributed by atoms with van der Waals surface area (Å²) in [6.07, 6.45) is 2.90. The van der Waals surface area contributed by atoms with E-state index in [1.807, 2.05) is 0 Å². The lowest BCUT2D eigenvalue weighted by Gasteiger charge is -1.86. The second-order valence-corrected chi connectivity index (χ2v) is 1.65. The van der Waals surface area contributed by atoms with E-state index in [1.165, 1.54) is 18.3 Å². The number of hydrogen-bond acceptors (Lipinski definition) is 1. The maximum absolute atomic E-state index is 11.5. The predicted octanol–water partition coefficient (Wildman–Crippen LogP) is 2.12. The van der Waals surface area contributed by atoms with Gasteiger partial charge in [-0.05, 0) is 17.7 Å². The molecule has 1 nitrogen and oxygen atoms in total. The number of hydrogen-bond donors (Lipinski definition) is 0. The molecule has 0 N–H and O–H groups in total. The monoisotopic (exact) mass is 140 g/mol. The molecule has 0 amide bonds. The van der Waals surface area contributed by atoms with Gasteiger partial charge in [-0.25, -0.2) is 0 Å². The first-order valence-corrected chi connectivity index (χ1v) is 2.64. The average molecular weight is 140 g/mol. The van der Waals surface area contributed by atoms with Gasteiger partial charge < -0.3 is 0 Å². The van der Waals surface area contributed by atoms with E-state index in [1.54, 1.807) is 0 Å². The molecule has 51 valence electrons. The molecule has 1 rings (SSSR count). The van der Waals surface area contributed by atoms with Crippen LogP contribution in [0.25, 0.3) is 6.08 Å². The van der Waals surface area contributed by atoms with Gasteiger partial charge in [0.05, 0.1) is 6.20 Å². The molecule has 0 atom stereocenters. The topological polar surface area (TPSA) is 12.9 Å². The summed E-state index contributed by atoms with van der Waals surface area (Å²) in [5.74, 6) is 0. The molecule has 0 spiro atoms. The van der Waals surface area contributed by atoms with Gasteiger partial charge in [0.2, 0.25) is 0 Å². The molecule has 0 aliphatic rings. The molecule has 1 aromatic heterocycles. The van der Waals surface area contributed by atoms with Crippen molar-refractivity contribution in [2.24, 2.45) is 0 Å². The second-order valence-electron chi connectivity index (χ2n) is 1.65. The van der Waals surface area contributed by atoms with E-state index in [0.29, 0.717) is 5.56 Å². The summed E-state index contributed by atoms with van der Waals surface area (Å²) in [6, 6.07) is 2.87. The number of aromatic nitrogens is 1. The largest absolute Gasteiger partial charge is 0.270 e. The second kappa shape index (κ2) is 3.06. The lowest BCUT2D eigenvalue weighted by atomic mass is 10.3. The number of nitrogens with zero attached hydrogens (tertiary/aromatic N) is 1. The van der Waals surface area contributed by atoms with Crippen LogP contribution >= 0.6 is 0 Å². The normalized spacial score (nSPS) is 9.00. The molecule has 10 heavy (non-hydrogen) atoms. The maximum Gasteiger partial charge on any atom is 0.270 e. The van der Waals surface area contributed by atoms with Crippen molar-refractivity contribution in [1.29, 1.82) is 0 Å².